The summed E-state index contributed by atoms with van der Waals surface area (Å²) in [4.78, 5) is 14.2. The maximum absolute atomic E-state index is 13.6. The Kier molecular flexibility index (Phi) is 6.53. The van der Waals surface area contributed by atoms with E-state index in [-0.39, 0.29) is 17.6 Å². The monoisotopic (exact) mass is 402 g/mol. The van der Waals surface area contributed by atoms with Crippen molar-refractivity contribution in [1.82, 2.24) is 10.2 Å². The molecule has 0 aliphatic carbocycles. The molecule has 152 valence electrons. The standard InChI is InChI=1S/C18H18F4N2O4/c19-12-9-13(20)16(22)17(15(12)21)27-10-11-1-2-14(28-11)18(25)23-3-4-24-5-7-26-8-6-24/h1-2,9H,3-8,10H2,(H,23,25). The van der Waals surface area contributed by atoms with E-state index in [9.17, 15) is 22.4 Å². The molecule has 1 aromatic carbocycles. The first-order valence-corrected chi connectivity index (χ1v) is 8.58. The molecule has 0 unspecified atom stereocenters. The molecule has 1 aliphatic rings. The Morgan fingerprint density at radius 1 is 1.11 bits per heavy atom. The van der Waals surface area contributed by atoms with E-state index in [2.05, 4.69) is 10.2 Å². The van der Waals surface area contributed by atoms with Crippen molar-refractivity contribution in [3.05, 3.63) is 53.0 Å². The van der Waals surface area contributed by atoms with Crippen LogP contribution in [0.5, 0.6) is 5.75 Å². The molecule has 1 aromatic heterocycles. The van der Waals surface area contributed by atoms with E-state index in [1.807, 2.05) is 0 Å². The SMILES string of the molecule is O=C(NCCN1CCOCC1)c1ccc(COc2c(F)c(F)cc(F)c2F)o1. The lowest BCUT2D eigenvalue weighted by molar-refractivity contribution is 0.0382. The highest BCUT2D eigenvalue weighted by Crippen LogP contribution is 2.27. The Bertz CT molecular complexity index is 811. The quantitative estimate of drug-likeness (QED) is 0.570. The number of halogens is 4. The minimum Gasteiger partial charge on any atom is -0.479 e. The number of nitrogens with zero attached hydrogens (tertiary/aromatic N) is 1. The Labute approximate surface area is 158 Å². The molecule has 28 heavy (non-hydrogen) atoms. The van der Waals surface area contributed by atoms with Crippen molar-refractivity contribution in [1.29, 1.82) is 0 Å². The molecule has 1 aliphatic heterocycles. The van der Waals surface area contributed by atoms with Gasteiger partial charge in [0.1, 0.15) is 12.4 Å². The number of carbonyl (C=O) groups excluding carboxylic acids is 1. The average molecular weight is 402 g/mol. The molecular weight excluding hydrogens is 384 g/mol. The van der Waals surface area contributed by atoms with E-state index in [1.54, 1.807) is 0 Å². The van der Waals surface area contributed by atoms with Gasteiger partial charge in [0.25, 0.3) is 5.91 Å². The minimum atomic E-state index is -1.65. The van der Waals surface area contributed by atoms with Gasteiger partial charge in [-0.3, -0.25) is 9.69 Å². The molecule has 0 saturated carbocycles. The average Bonchev–Trinajstić information content (AvgIpc) is 3.16. The Morgan fingerprint density at radius 3 is 2.46 bits per heavy atom. The largest absolute Gasteiger partial charge is 0.479 e. The zero-order chi connectivity index (χ0) is 20.1. The maximum Gasteiger partial charge on any atom is 0.287 e. The lowest BCUT2D eigenvalue weighted by Crippen LogP contribution is -2.41. The zero-order valence-corrected chi connectivity index (χ0v) is 14.8. The summed E-state index contributed by atoms with van der Waals surface area (Å²) in [7, 11) is 0. The van der Waals surface area contributed by atoms with E-state index < -0.39 is 41.5 Å². The number of amides is 1. The first kappa shape index (κ1) is 20.2. The molecule has 2 aromatic rings. The van der Waals surface area contributed by atoms with Gasteiger partial charge in [0, 0.05) is 32.2 Å². The highest BCUT2D eigenvalue weighted by molar-refractivity contribution is 5.91. The van der Waals surface area contributed by atoms with Gasteiger partial charge in [-0.05, 0) is 12.1 Å². The number of nitrogens with one attached hydrogen (secondary N) is 1. The zero-order valence-electron chi connectivity index (χ0n) is 14.8. The topological polar surface area (TPSA) is 63.9 Å². The summed E-state index contributed by atoms with van der Waals surface area (Å²) in [5.74, 6) is -8.06. The van der Waals surface area contributed by atoms with E-state index in [0.717, 1.165) is 13.1 Å². The Hall–Kier alpha value is -2.59. The van der Waals surface area contributed by atoms with Gasteiger partial charge in [-0.1, -0.05) is 0 Å². The van der Waals surface area contributed by atoms with Gasteiger partial charge in [0.2, 0.25) is 11.6 Å². The molecule has 1 amide bonds. The molecule has 0 spiro atoms. The van der Waals surface area contributed by atoms with Crippen molar-refractivity contribution in [2.75, 3.05) is 39.4 Å². The Morgan fingerprint density at radius 2 is 1.79 bits per heavy atom. The van der Waals surface area contributed by atoms with E-state index in [1.165, 1.54) is 12.1 Å². The third-order valence-electron chi connectivity index (χ3n) is 4.13. The van der Waals surface area contributed by atoms with Crippen LogP contribution in [-0.4, -0.2) is 50.2 Å². The number of furan rings is 1. The molecule has 1 fully saturated rings. The third kappa shape index (κ3) is 4.82. The number of hydrogen-bond donors (Lipinski definition) is 1. The fraction of sp³-hybridized carbons (Fsp3) is 0.389. The molecule has 0 radical (unpaired) electrons. The van der Waals surface area contributed by atoms with Crippen LogP contribution in [0, 0.1) is 23.3 Å². The van der Waals surface area contributed by atoms with E-state index >= 15 is 0 Å². The maximum atomic E-state index is 13.6. The van der Waals surface area contributed by atoms with Crippen molar-refractivity contribution < 1.29 is 36.2 Å². The fourth-order valence-corrected chi connectivity index (χ4v) is 2.64. The van der Waals surface area contributed by atoms with Gasteiger partial charge in [-0.2, -0.15) is 8.78 Å². The van der Waals surface area contributed by atoms with Crippen molar-refractivity contribution in [3.63, 3.8) is 0 Å². The normalized spacial score (nSPS) is 14.9. The van der Waals surface area contributed by atoms with Crippen LogP contribution in [0.4, 0.5) is 17.6 Å². The predicted molar refractivity (Wildman–Crippen MR) is 88.9 cm³/mol. The van der Waals surface area contributed by atoms with Gasteiger partial charge in [0.05, 0.1) is 13.2 Å². The van der Waals surface area contributed by atoms with Crippen molar-refractivity contribution >= 4 is 5.91 Å². The molecule has 0 atom stereocenters. The number of benzene rings is 1. The van der Waals surface area contributed by atoms with Crippen molar-refractivity contribution in [3.8, 4) is 5.75 Å². The summed E-state index contributed by atoms with van der Waals surface area (Å²) in [6.45, 7) is 3.47. The number of ether oxygens (including phenoxy) is 2. The van der Waals surface area contributed by atoms with Gasteiger partial charge in [0.15, 0.2) is 23.1 Å². The summed E-state index contributed by atoms with van der Waals surface area (Å²) in [5, 5.41) is 2.69. The molecular formula is C18H18F4N2O4. The number of morpholine rings is 1. The molecule has 1 N–H and O–H groups in total. The van der Waals surface area contributed by atoms with Crippen LogP contribution in [0.25, 0.3) is 0 Å². The first-order chi connectivity index (χ1) is 13.5. The summed E-state index contributed by atoms with van der Waals surface area (Å²) in [6.07, 6.45) is 0. The van der Waals surface area contributed by atoms with Gasteiger partial charge in [-0.25, -0.2) is 8.78 Å². The van der Waals surface area contributed by atoms with Crippen LogP contribution in [0.1, 0.15) is 16.3 Å². The second-order valence-corrected chi connectivity index (χ2v) is 6.06. The number of carbonyl (C=O) groups is 1. The lowest BCUT2D eigenvalue weighted by atomic mass is 10.3. The summed E-state index contributed by atoms with van der Waals surface area (Å²) in [5.41, 5.74) is 0. The highest BCUT2D eigenvalue weighted by atomic mass is 19.2. The number of rotatable bonds is 7. The second-order valence-electron chi connectivity index (χ2n) is 6.06. The molecule has 2 heterocycles. The minimum absolute atomic E-state index is 0.0213. The first-order valence-electron chi connectivity index (χ1n) is 8.58. The second kappa shape index (κ2) is 9.07. The van der Waals surface area contributed by atoms with Gasteiger partial charge < -0.3 is 19.2 Å². The van der Waals surface area contributed by atoms with E-state index in [4.69, 9.17) is 13.9 Å². The Balaban J connectivity index is 1.52. The lowest BCUT2D eigenvalue weighted by Gasteiger charge is -2.26. The third-order valence-corrected chi connectivity index (χ3v) is 4.13. The molecule has 10 heteroatoms. The van der Waals surface area contributed by atoms with Crippen LogP contribution in [0.2, 0.25) is 0 Å². The molecule has 6 nitrogen and oxygen atoms in total. The van der Waals surface area contributed by atoms with Crippen LogP contribution < -0.4 is 10.1 Å². The molecule has 0 bridgehead atoms. The van der Waals surface area contributed by atoms with Crippen LogP contribution in [-0.2, 0) is 11.3 Å². The summed E-state index contributed by atoms with van der Waals surface area (Å²) >= 11 is 0. The summed E-state index contributed by atoms with van der Waals surface area (Å²) in [6, 6.07) is 2.81. The fourth-order valence-electron chi connectivity index (χ4n) is 2.64. The van der Waals surface area contributed by atoms with Gasteiger partial charge in [-0.15, -0.1) is 0 Å². The van der Waals surface area contributed by atoms with Crippen LogP contribution in [0.15, 0.2) is 22.6 Å². The van der Waals surface area contributed by atoms with Crippen molar-refractivity contribution in [2.24, 2.45) is 0 Å². The molecule has 3 rings (SSSR count). The van der Waals surface area contributed by atoms with Gasteiger partial charge >= 0.3 is 0 Å². The molecule has 1 saturated heterocycles. The highest BCUT2D eigenvalue weighted by Gasteiger charge is 2.21. The van der Waals surface area contributed by atoms with E-state index in [0.29, 0.717) is 26.3 Å². The van der Waals surface area contributed by atoms with Crippen LogP contribution in [0.3, 0.4) is 0 Å². The summed E-state index contributed by atoms with van der Waals surface area (Å²) < 4.78 is 68.7. The van der Waals surface area contributed by atoms with Crippen LogP contribution >= 0.6 is 0 Å². The smallest absolute Gasteiger partial charge is 0.287 e. The number of hydrogen-bond acceptors (Lipinski definition) is 5. The predicted octanol–water partition coefficient (Wildman–Crippen LogP) is 2.48. The van der Waals surface area contributed by atoms with Crippen molar-refractivity contribution in [2.45, 2.75) is 6.61 Å².